The molecule has 98 valence electrons. The monoisotopic (exact) mass is 285 g/mol. The van der Waals surface area contributed by atoms with E-state index in [0.717, 1.165) is 30.8 Å². The van der Waals surface area contributed by atoms with Gasteiger partial charge in [0.1, 0.15) is 0 Å². The molecule has 2 aliphatic heterocycles. The Morgan fingerprint density at radius 2 is 1.83 bits per heavy atom. The van der Waals surface area contributed by atoms with Crippen molar-refractivity contribution in [1.82, 2.24) is 5.32 Å². The standard InChI is InChI=1S/C13H15NO2S.ClH/c15-11-9-13(5-7-14-8-6-13)17(16)12-4-2-1-3-10(11)12;/h1-4,14H,5-9H2;1H. The Hall–Kier alpha value is -0.710. The fourth-order valence-electron chi connectivity index (χ4n) is 2.79. The highest BCUT2D eigenvalue weighted by molar-refractivity contribution is 7.86. The molecular weight excluding hydrogens is 270 g/mol. The Bertz CT molecular complexity index is 498. The normalized spacial score (nSPS) is 25.3. The van der Waals surface area contributed by atoms with Crippen LogP contribution >= 0.6 is 12.4 Å². The summed E-state index contributed by atoms with van der Waals surface area (Å²) in [7, 11) is -1.04. The molecule has 3 nitrogen and oxygen atoms in total. The van der Waals surface area contributed by atoms with E-state index < -0.39 is 10.8 Å². The predicted molar refractivity (Wildman–Crippen MR) is 73.9 cm³/mol. The molecule has 1 aromatic rings. The quantitative estimate of drug-likeness (QED) is 0.792. The van der Waals surface area contributed by atoms with Crippen LogP contribution in [0.3, 0.4) is 0 Å². The van der Waals surface area contributed by atoms with Gasteiger partial charge in [0, 0.05) is 12.0 Å². The summed E-state index contributed by atoms with van der Waals surface area (Å²) in [5.74, 6) is 0.155. The van der Waals surface area contributed by atoms with Crippen molar-refractivity contribution in [2.24, 2.45) is 0 Å². The summed E-state index contributed by atoms with van der Waals surface area (Å²) in [5, 5.41) is 3.27. The third-order valence-electron chi connectivity index (χ3n) is 3.78. The van der Waals surface area contributed by atoms with E-state index >= 15 is 0 Å². The lowest BCUT2D eigenvalue weighted by atomic mass is 9.89. The first kappa shape index (κ1) is 13.7. The first-order valence-electron chi connectivity index (χ1n) is 5.98. The van der Waals surface area contributed by atoms with Crippen LogP contribution in [0.1, 0.15) is 29.6 Å². The van der Waals surface area contributed by atoms with Gasteiger partial charge in [0.25, 0.3) is 0 Å². The molecule has 0 aliphatic carbocycles. The summed E-state index contributed by atoms with van der Waals surface area (Å²) in [4.78, 5) is 12.9. The number of fused-ring (bicyclic) bond motifs is 1. The van der Waals surface area contributed by atoms with Gasteiger partial charge in [-0.05, 0) is 32.0 Å². The van der Waals surface area contributed by atoms with Crippen LogP contribution in [0.5, 0.6) is 0 Å². The third-order valence-corrected chi connectivity index (χ3v) is 5.87. The highest BCUT2D eigenvalue weighted by atomic mass is 35.5. The van der Waals surface area contributed by atoms with Crippen molar-refractivity contribution in [1.29, 1.82) is 0 Å². The SMILES string of the molecule is Cl.O=C1CC2(CCNCC2)S(=O)c2ccccc21. The number of rotatable bonds is 0. The van der Waals surface area contributed by atoms with Crippen LogP contribution in [0.15, 0.2) is 29.2 Å². The van der Waals surface area contributed by atoms with Crippen molar-refractivity contribution < 1.29 is 9.00 Å². The van der Waals surface area contributed by atoms with E-state index in [2.05, 4.69) is 5.32 Å². The summed E-state index contributed by atoms with van der Waals surface area (Å²) in [6.45, 7) is 1.72. The number of ketones is 1. The van der Waals surface area contributed by atoms with E-state index in [1.54, 1.807) is 6.07 Å². The maximum atomic E-state index is 12.7. The maximum Gasteiger partial charge on any atom is 0.165 e. The van der Waals surface area contributed by atoms with Gasteiger partial charge >= 0.3 is 0 Å². The molecule has 0 saturated carbocycles. The van der Waals surface area contributed by atoms with Crippen LogP contribution in [-0.4, -0.2) is 27.8 Å². The van der Waals surface area contributed by atoms with Crippen LogP contribution in [0.25, 0.3) is 0 Å². The van der Waals surface area contributed by atoms with E-state index in [4.69, 9.17) is 0 Å². The summed E-state index contributed by atoms with van der Waals surface area (Å²) < 4.78 is 12.4. The Labute approximate surface area is 115 Å². The highest BCUT2D eigenvalue weighted by Crippen LogP contribution is 2.39. The molecule has 0 aromatic heterocycles. The second-order valence-electron chi connectivity index (χ2n) is 4.80. The molecule has 2 heterocycles. The first-order valence-corrected chi connectivity index (χ1v) is 7.13. The summed E-state index contributed by atoms with van der Waals surface area (Å²) in [6, 6.07) is 7.34. The Balaban J connectivity index is 0.00000120. The Morgan fingerprint density at radius 1 is 1.17 bits per heavy atom. The van der Waals surface area contributed by atoms with Crippen molar-refractivity contribution in [3.63, 3.8) is 0 Å². The van der Waals surface area contributed by atoms with Gasteiger partial charge in [-0.15, -0.1) is 12.4 Å². The number of hydrogen-bond acceptors (Lipinski definition) is 3. The molecule has 1 N–H and O–H groups in total. The molecule has 0 radical (unpaired) electrons. The molecule has 1 fully saturated rings. The van der Waals surface area contributed by atoms with Gasteiger partial charge in [-0.25, -0.2) is 0 Å². The Morgan fingerprint density at radius 3 is 2.56 bits per heavy atom. The van der Waals surface area contributed by atoms with Gasteiger partial charge in [-0.2, -0.15) is 0 Å². The van der Waals surface area contributed by atoms with Crippen molar-refractivity contribution in [2.45, 2.75) is 28.9 Å². The van der Waals surface area contributed by atoms with E-state index in [1.807, 2.05) is 18.2 Å². The van der Waals surface area contributed by atoms with Gasteiger partial charge in [0.2, 0.25) is 0 Å². The van der Waals surface area contributed by atoms with Gasteiger partial charge in [0.15, 0.2) is 5.78 Å². The minimum absolute atomic E-state index is 0. The topological polar surface area (TPSA) is 46.2 Å². The van der Waals surface area contributed by atoms with Crippen LogP contribution in [0, 0.1) is 0 Å². The number of hydrogen-bond donors (Lipinski definition) is 1. The average Bonchev–Trinajstić information content (AvgIpc) is 2.37. The zero-order valence-corrected chi connectivity index (χ0v) is 11.6. The van der Waals surface area contributed by atoms with E-state index in [0.29, 0.717) is 12.0 Å². The second kappa shape index (κ2) is 5.11. The number of nitrogens with one attached hydrogen (secondary N) is 1. The van der Waals surface area contributed by atoms with Crippen LogP contribution in [0.4, 0.5) is 0 Å². The number of halogens is 1. The lowest BCUT2D eigenvalue weighted by molar-refractivity contribution is 0.0953. The van der Waals surface area contributed by atoms with E-state index in [1.165, 1.54) is 0 Å². The van der Waals surface area contributed by atoms with Crippen LogP contribution in [0.2, 0.25) is 0 Å². The molecule has 5 heteroatoms. The largest absolute Gasteiger partial charge is 0.317 e. The summed E-state index contributed by atoms with van der Waals surface area (Å²) >= 11 is 0. The molecule has 1 aromatic carbocycles. The highest BCUT2D eigenvalue weighted by Gasteiger charge is 2.45. The molecule has 2 aliphatic rings. The number of carbonyl (C=O) groups is 1. The van der Waals surface area contributed by atoms with Gasteiger partial charge < -0.3 is 5.32 Å². The Kier molecular flexibility index (Phi) is 3.90. The lowest BCUT2D eigenvalue weighted by Gasteiger charge is -2.39. The second-order valence-corrected chi connectivity index (χ2v) is 6.64. The van der Waals surface area contributed by atoms with Gasteiger partial charge in [-0.3, -0.25) is 9.00 Å². The molecule has 3 rings (SSSR count). The smallest absolute Gasteiger partial charge is 0.165 e. The van der Waals surface area contributed by atoms with Crippen LogP contribution in [-0.2, 0) is 10.8 Å². The minimum Gasteiger partial charge on any atom is -0.317 e. The zero-order valence-electron chi connectivity index (χ0n) is 9.98. The number of benzene rings is 1. The molecular formula is C13H16ClNO2S. The molecule has 18 heavy (non-hydrogen) atoms. The number of carbonyl (C=O) groups excluding carboxylic acids is 1. The maximum absolute atomic E-state index is 12.7. The summed E-state index contributed by atoms with van der Waals surface area (Å²) in [5.41, 5.74) is 0.662. The predicted octanol–water partition coefficient (Wildman–Crippen LogP) is 1.92. The zero-order chi connectivity index (χ0) is 11.9. The van der Waals surface area contributed by atoms with E-state index in [-0.39, 0.29) is 22.9 Å². The van der Waals surface area contributed by atoms with Crippen molar-refractivity contribution in [3.8, 4) is 0 Å². The van der Waals surface area contributed by atoms with Gasteiger partial charge in [0.05, 0.1) is 20.4 Å². The number of piperidine rings is 1. The van der Waals surface area contributed by atoms with Crippen molar-refractivity contribution in [2.75, 3.05) is 13.1 Å². The molecule has 0 amide bonds. The number of Topliss-reactive ketones (excluding diaryl/α,β-unsaturated/α-hetero) is 1. The summed E-state index contributed by atoms with van der Waals surface area (Å²) in [6.07, 6.45) is 2.11. The molecule has 1 unspecified atom stereocenters. The fraction of sp³-hybridized carbons (Fsp3) is 0.462. The molecule has 1 spiro atoms. The molecule has 1 atom stereocenters. The third kappa shape index (κ3) is 2.02. The molecule has 0 bridgehead atoms. The van der Waals surface area contributed by atoms with Gasteiger partial charge in [-0.1, -0.05) is 18.2 Å². The van der Waals surface area contributed by atoms with Crippen molar-refractivity contribution in [3.05, 3.63) is 29.8 Å². The average molecular weight is 286 g/mol. The lowest BCUT2D eigenvalue weighted by Crippen LogP contribution is -2.48. The first-order chi connectivity index (χ1) is 8.23. The minimum atomic E-state index is -1.04. The van der Waals surface area contributed by atoms with Crippen molar-refractivity contribution >= 4 is 29.0 Å². The fourth-order valence-corrected chi connectivity index (χ4v) is 4.68. The van der Waals surface area contributed by atoms with E-state index in [9.17, 15) is 9.00 Å². The molecule has 1 saturated heterocycles. The van der Waals surface area contributed by atoms with Crippen LogP contribution < -0.4 is 5.32 Å².